The van der Waals surface area contributed by atoms with E-state index in [0.717, 1.165) is 11.1 Å². The number of hydrogen-bond acceptors (Lipinski definition) is 3. The number of halogens is 3. The molecule has 0 atom stereocenters. The molecule has 0 N–H and O–H groups in total. The van der Waals surface area contributed by atoms with Crippen LogP contribution in [0.2, 0.25) is 15.2 Å². The van der Waals surface area contributed by atoms with Gasteiger partial charge in [-0.3, -0.25) is 0 Å². The SMILES string of the molecule is O=C(/C=C/c1ccc(Cl)c(Cl)c1)OCc1ccc(Cl)nc1. The first-order chi connectivity index (χ1) is 10.0. The molecule has 0 spiro atoms. The summed E-state index contributed by atoms with van der Waals surface area (Å²) in [7, 11) is 0. The van der Waals surface area contributed by atoms with Gasteiger partial charge in [0.15, 0.2) is 0 Å². The van der Waals surface area contributed by atoms with Crippen LogP contribution < -0.4 is 0 Å². The van der Waals surface area contributed by atoms with Crippen LogP contribution in [0.15, 0.2) is 42.6 Å². The van der Waals surface area contributed by atoms with Crippen molar-refractivity contribution in [3.05, 3.63) is 68.9 Å². The van der Waals surface area contributed by atoms with Crippen LogP contribution in [0, 0.1) is 0 Å². The number of nitrogens with zero attached hydrogens (tertiary/aromatic N) is 1. The Morgan fingerprint density at radius 3 is 2.62 bits per heavy atom. The molecule has 0 bridgehead atoms. The maximum atomic E-state index is 11.6. The van der Waals surface area contributed by atoms with Gasteiger partial charge in [0.2, 0.25) is 0 Å². The van der Waals surface area contributed by atoms with Crippen LogP contribution in [-0.2, 0) is 16.1 Å². The highest BCUT2D eigenvalue weighted by atomic mass is 35.5. The summed E-state index contributed by atoms with van der Waals surface area (Å²) >= 11 is 17.4. The molecule has 0 radical (unpaired) electrons. The summed E-state index contributed by atoms with van der Waals surface area (Å²) in [6, 6.07) is 8.45. The number of ether oxygens (including phenoxy) is 1. The summed E-state index contributed by atoms with van der Waals surface area (Å²) in [6.07, 6.45) is 4.48. The molecule has 1 aromatic carbocycles. The predicted molar refractivity (Wildman–Crippen MR) is 84.5 cm³/mol. The molecule has 21 heavy (non-hydrogen) atoms. The molecule has 0 fully saturated rings. The second kappa shape index (κ2) is 7.46. The van der Waals surface area contributed by atoms with Gasteiger partial charge in [0.25, 0.3) is 0 Å². The van der Waals surface area contributed by atoms with Gasteiger partial charge < -0.3 is 4.74 Å². The summed E-state index contributed by atoms with van der Waals surface area (Å²) < 4.78 is 5.08. The highest BCUT2D eigenvalue weighted by molar-refractivity contribution is 6.42. The largest absolute Gasteiger partial charge is 0.458 e. The average Bonchev–Trinajstić information content (AvgIpc) is 2.48. The van der Waals surface area contributed by atoms with Crippen molar-refractivity contribution in [2.45, 2.75) is 6.61 Å². The molecule has 108 valence electrons. The lowest BCUT2D eigenvalue weighted by atomic mass is 10.2. The van der Waals surface area contributed by atoms with E-state index >= 15 is 0 Å². The van der Waals surface area contributed by atoms with E-state index < -0.39 is 5.97 Å². The first-order valence-corrected chi connectivity index (χ1v) is 7.08. The number of pyridine rings is 1. The van der Waals surface area contributed by atoms with Crippen LogP contribution in [0.25, 0.3) is 6.08 Å². The molecular weight excluding hydrogens is 333 g/mol. The lowest BCUT2D eigenvalue weighted by molar-refractivity contribution is -0.138. The quantitative estimate of drug-likeness (QED) is 0.455. The fourth-order valence-electron chi connectivity index (χ4n) is 1.47. The maximum absolute atomic E-state index is 11.6. The van der Waals surface area contributed by atoms with E-state index in [1.54, 1.807) is 42.6 Å². The molecule has 0 aliphatic heterocycles. The van der Waals surface area contributed by atoms with E-state index in [4.69, 9.17) is 39.5 Å². The zero-order valence-electron chi connectivity index (χ0n) is 10.7. The van der Waals surface area contributed by atoms with E-state index in [-0.39, 0.29) is 6.61 Å². The Bertz CT molecular complexity index is 669. The second-order valence-electron chi connectivity index (χ2n) is 4.10. The number of esters is 1. The van der Waals surface area contributed by atoms with Gasteiger partial charge >= 0.3 is 5.97 Å². The minimum atomic E-state index is -0.462. The third kappa shape index (κ3) is 5.05. The lowest BCUT2D eigenvalue weighted by Gasteiger charge is -2.02. The van der Waals surface area contributed by atoms with E-state index in [1.807, 2.05) is 0 Å². The minimum Gasteiger partial charge on any atom is -0.458 e. The monoisotopic (exact) mass is 341 g/mol. The molecule has 0 saturated carbocycles. The molecular formula is C15H10Cl3NO2. The van der Waals surface area contributed by atoms with Gasteiger partial charge in [0, 0.05) is 17.8 Å². The third-order valence-corrected chi connectivity index (χ3v) is 3.49. The molecule has 2 rings (SSSR count). The average molecular weight is 343 g/mol. The molecule has 0 amide bonds. The molecule has 0 unspecified atom stereocenters. The zero-order chi connectivity index (χ0) is 15.2. The fraction of sp³-hybridized carbons (Fsp3) is 0.0667. The van der Waals surface area contributed by atoms with Gasteiger partial charge in [-0.1, -0.05) is 46.9 Å². The highest BCUT2D eigenvalue weighted by Gasteiger charge is 2.01. The number of rotatable bonds is 4. The van der Waals surface area contributed by atoms with Crippen LogP contribution in [0.3, 0.4) is 0 Å². The first kappa shape index (κ1) is 15.8. The van der Waals surface area contributed by atoms with Crippen molar-refractivity contribution in [3.63, 3.8) is 0 Å². The molecule has 1 aromatic heterocycles. The molecule has 0 saturated heterocycles. The van der Waals surface area contributed by atoms with Gasteiger partial charge in [-0.2, -0.15) is 0 Å². The van der Waals surface area contributed by atoms with Crippen molar-refractivity contribution in [2.75, 3.05) is 0 Å². The summed E-state index contributed by atoms with van der Waals surface area (Å²) in [4.78, 5) is 15.5. The summed E-state index contributed by atoms with van der Waals surface area (Å²) in [6.45, 7) is 0.134. The van der Waals surface area contributed by atoms with Crippen LogP contribution >= 0.6 is 34.8 Å². The standard InChI is InChI=1S/C15H10Cl3NO2/c16-12-4-1-10(7-13(12)17)3-6-15(20)21-9-11-2-5-14(18)19-8-11/h1-8H,9H2/b6-3+. The summed E-state index contributed by atoms with van der Waals surface area (Å²) in [5.74, 6) is -0.462. The first-order valence-electron chi connectivity index (χ1n) is 5.95. The Hall–Kier alpha value is -1.55. The number of aromatic nitrogens is 1. The molecule has 1 heterocycles. The molecule has 3 nitrogen and oxygen atoms in total. The van der Waals surface area contributed by atoms with E-state index in [1.165, 1.54) is 6.08 Å². The number of carbonyl (C=O) groups is 1. The Morgan fingerprint density at radius 1 is 1.14 bits per heavy atom. The summed E-state index contributed by atoms with van der Waals surface area (Å²) in [5.41, 5.74) is 1.52. The highest BCUT2D eigenvalue weighted by Crippen LogP contribution is 2.23. The van der Waals surface area contributed by atoms with Crippen LogP contribution in [0.4, 0.5) is 0 Å². The normalized spacial score (nSPS) is 10.8. The Kier molecular flexibility index (Phi) is 5.62. The van der Waals surface area contributed by atoms with Gasteiger partial charge in [-0.25, -0.2) is 9.78 Å². The lowest BCUT2D eigenvalue weighted by Crippen LogP contribution is -2.00. The summed E-state index contributed by atoms with van der Waals surface area (Å²) in [5, 5.41) is 1.29. The van der Waals surface area contributed by atoms with Crippen molar-refractivity contribution in [1.29, 1.82) is 0 Å². The van der Waals surface area contributed by atoms with Gasteiger partial charge in [-0.15, -0.1) is 0 Å². The van der Waals surface area contributed by atoms with Crippen molar-refractivity contribution < 1.29 is 9.53 Å². The van der Waals surface area contributed by atoms with E-state index in [0.29, 0.717) is 15.2 Å². The smallest absolute Gasteiger partial charge is 0.331 e. The Morgan fingerprint density at radius 2 is 1.95 bits per heavy atom. The molecule has 0 aliphatic rings. The Labute approximate surface area is 137 Å². The topological polar surface area (TPSA) is 39.2 Å². The molecule has 0 aliphatic carbocycles. The van der Waals surface area contributed by atoms with Gasteiger partial charge in [-0.05, 0) is 29.8 Å². The van der Waals surface area contributed by atoms with Gasteiger partial charge in [0.1, 0.15) is 11.8 Å². The second-order valence-corrected chi connectivity index (χ2v) is 5.31. The van der Waals surface area contributed by atoms with Crippen LogP contribution in [0.1, 0.15) is 11.1 Å². The number of carbonyl (C=O) groups excluding carboxylic acids is 1. The molecule has 6 heteroatoms. The van der Waals surface area contributed by atoms with Crippen molar-refractivity contribution >= 4 is 46.8 Å². The van der Waals surface area contributed by atoms with Crippen LogP contribution in [0.5, 0.6) is 0 Å². The van der Waals surface area contributed by atoms with Crippen LogP contribution in [-0.4, -0.2) is 11.0 Å². The Balaban J connectivity index is 1.90. The van der Waals surface area contributed by atoms with E-state index in [2.05, 4.69) is 4.98 Å². The zero-order valence-corrected chi connectivity index (χ0v) is 13.0. The number of hydrogen-bond donors (Lipinski definition) is 0. The van der Waals surface area contributed by atoms with E-state index in [9.17, 15) is 4.79 Å². The molecule has 2 aromatic rings. The predicted octanol–water partition coefficient (Wildman–Crippen LogP) is 4.80. The van der Waals surface area contributed by atoms with Crippen molar-refractivity contribution in [2.24, 2.45) is 0 Å². The maximum Gasteiger partial charge on any atom is 0.331 e. The third-order valence-electron chi connectivity index (χ3n) is 2.53. The van der Waals surface area contributed by atoms with Crippen molar-refractivity contribution in [3.8, 4) is 0 Å². The minimum absolute atomic E-state index is 0.134. The van der Waals surface area contributed by atoms with Gasteiger partial charge in [0.05, 0.1) is 10.0 Å². The number of benzene rings is 1. The fourth-order valence-corrected chi connectivity index (χ4v) is 1.89. The van der Waals surface area contributed by atoms with Crippen molar-refractivity contribution in [1.82, 2.24) is 4.98 Å².